The first-order valence-corrected chi connectivity index (χ1v) is 8.65. The molecule has 1 N–H and O–H groups in total. The quantitative estimate of drug-likeness (QED) is 0.544. The molecule has 0 fully saturated rings. The van der Waals surface area contributed by atoms with E-state index in [9.17, 15) is 19.2 Å². The van der Waals surface area contributed by atoms with Gasteiger partial charge in [-0.2, -0.15) is 0 Å². The number of likely N-dealkylation sites (N-methyl/N-ethyl adjacent to an activating group) is 1. The van der Waals surface area contributed by atoms with Gasteiger partial charge in [0.15, 0.2) is 6.04 Å². The molecule has 0 unspecified atom stereocenters. The van der Waals surface area contributed by atoms with E-state index in [1.54, 1.807) is 41.5 Å². The molecule has 0 aliphatic rings. The molecule has 0 aromatic carbocycles. The van der Waals surface area contributed by atoms with E-state index in [4.69, 9.17) is 14.2 Å². The molecule has 0 saturated heterocycles. The summed E-state index contributed by atoms with van der Waals surface area (Å²) in [5.74, 6) is -1.97. The molecule has 2 atom stereocenters. The molecule has 156 valence electrons. The van der Waals surface area contributed by atoms with E-state index in [1.807, 2.05) is 0 Å². The number of ether oxygens (including phenoxy) is 3. The van der Waals surface area contributed by atoms with E-state index in [2.05, 4.69) is 5.32 Å². The molecule has 9 nitrogen and oxygen atoms in total. The van der Waals surface area contributed by atoms with Crippen molar-refractivity contribution in [3.05, 3.63) is 0 Å². The fraction of sp³-hybridized carbons (Fsp3) is 0.778. The topological polar surface area (TPSA) is 111 Å². The average Bonchev–Trinajstić information content (AvgIpc) is 2.39. The van der Waals surface area contributed by atoms with Crippen molar-refractivity contribution in [3.63, 3.8) is 0 Å². The minimum absolute atomic E-state index is 0.346. The van der Waals surface area contributed by atoms with Crippen molar-refractivity contribution in [2.45, 2.75) is 78.7 Å². The first-order valence-electron chi connectivity index (χ1n) is 8.65. The van der Waals surface area contributed by atoms with Crippen LogP contribution in [0.25, 0.3) is 0 Å². The van der Waals surface area contributed by atoms with Gasteiger partial charge in [0.1, 0.15) is 23.9 Å². The maximum Gasteiger partial charge on any atom is 0.410 e. The lowest BCUT2D eigenvalue weighted by Crippen LogP contribution is -2.53. The Morgan fingerprint density at radius 3 is 1.85 bits per heavy atom. The summed E-state index contributed by atoms with van der Waals surface area (Å²) in [7, 11) is 1.39. The minimum Gasteiger partial charge on any atom is -0.460 e. The fourth-order valence-electron chi connectivity index (χ4n) is 1.90. The van der Waals surface area contributed by atoms with Gasteiger partial charge in [-0.25, -0.2) is 9.59 Å². The molecule has 0 heterocycles. The summed E-state index contributed by atoms with van der Waals surface area (Å²) in [5, 5.41) is 2.45. The summed E-state index contributed by atoms with van der Waals surface area (Å²) in [6, 6.07) is -1.22. The number of esters is 2. The maximum absolute atomic E-state index is 12.4. The largest absolute Gasteiger partial charge is 0.460 e. The molecule has 0 spiro atoms. The van der Waals surface area contributed by atoms with Crippen LogP contribution < -0.4 is 5.32 Å². The molecular weight excluding hydrogens is 356 g/mol. The van der Waals surface area contributed by atoms with Gasteiger partial charge in [-0.1, -0.05) is 0 Å². The third kappa shape index (κ3) is 11.1. The molecule has 0 saturated carbocycles. The SMILES string of the molecule is CC(=O)O[C@H](C)[C@H](NC(=O)CN(C)C(=O)OC(C)(C)C)C(=O)OC(C)(C)C. The number of carbonyl (C=O) groups excluding carboxylic acids is 4. The predicted octanol–water partition coefficient (Wildman–Crippen LogP) is 1.63. The summed E-state index contributed by atoms with van der Waals surface area (Å²) in [6.45, 7) is 12.5. The number of hydrogen-bond donors (Lipinski definition) is 1. The lowest BCUT2D eigenvalue weighted by Gasteiger charge is -2.28. The van der Waals surface area contributed by atoms with Crippen LogP contribution in [0.5, 0.6) is 0 Å². The van der Waals surface area contributed by atoms with Crippen LogP contribution in [0.4, 0.5) is 4.79 Å². The van der Waals surface area contributed by atoms with E-state index in [1.165, 1.54) is 20.9 Å². The first-order chi connectivity index (χ1) is 12.0. The third-order valence-electron chi connectivity index (χ3n) is 2.88. The molecule has 0 aromatic rings. The van der Waals surface area contributed by atoms with Crippen molar-refractivity contribution in [1.29, 1.82) is 0 Å². The van der Waals surface area contributed by atoms with Gasteiger partial charge < -0.3 is 24.4 Å². The average molecular weight is 388 g/mol. The summed E-state index contributed by atoms with van der Waals surface area (Å²) in [4.78, 5) is 48.9. The Morgan fingerprint density at radius 1 is 0.963 bits per heavy atom. The highest BCUT2D eigenvalue weighted by Gasteiger charge is 2.33. The van der Waals surface area contributed by atoms with Crippen LogP contribution in [0.1, 0.15) is 55.4 Å². The summed E-state index contributed by atoms with van der Waals surface area (Å²) >= 11 is 0. The second kappa shape index (κ2) is 9.57. The smallest absolute Gasteiger partial charge is 0.410 e. The Morgan fingerprint density at radius 2 is 1.44 bits per heavy atom. The van der Waals surface area contributed by atoms with Crippen LogP contribution in [-0.2, 0) is 28.6 Å². The van der Waals surface area contributed by atoms with Gasteiger partial charge in [-0.05, 0) is 48.5 Å². The van der Waals surface area contributed by atoms with Gasteiger partial charge in [0.2, 0.25) is 5.91 Å². The molecule has 0 bridgehead atoms. The molecule has 0 rings (SSSR count). The fourth-order valence-corrected chi connectivity index (χ4v) is 1.90. The van der Waals surface area contributed by atoms with Crippen molar-refractivity contribution in [2.75, 3.05) is 13.6 Å². The molecule has 27 heavy (non-hydrogen) atoms. The molecule has 9 heteroatoms. The first kappa shape index (κ1) is 24.7. The van der Waals surface area contributed by atoms with Crippen molar-refractivity contribution in [3.8, 4) is 0 Å². The highest BCUT2D eigenvalue weighted by Crippen LogP contribution is 2.12. The Kier molecular flexibility index (Phi) is 8.75. The maximum atomic E-state index is 12.4. The van der Waals surface area contributed by atoms with E-state index in [0.717, 1.165) is 4.90 Å². The van der Waals surface area contributed by atoms with Gasteiger partial charge in [-0.15, -0.1) is 0 Å². The lowest BCUT2D eigenvalue weighted by molar-refractivity contribution is -0.165. The van der Waals surface area contributed by atoms with Crippen molar-refractivity contribution >= 4 is 23.9 Å². The van der Waals surface area contributed by atoms with E-state index < -0.39 is 47.3 Å². The van der Waals surface area contributed by atoms with Crippen molar-refractivity contribution in [2.24, 2.45) is 0 Å². The van der Waals surface area contributed by atoms with Gasteiger partial charge in [-0.3, -0.25) is 9.59 Å². The number of rotatable bonds is 6. The standard InChI is InChI=1S/C18H32N2O7/c1-11(25-12(2)21)14(15(23)26-17(3,4)5)19-13(22)10-20(9)16(24)27-18(6,7)8/h11,14H,10H2,1-9H3,(H,19,22)/t11-,14+/m1/s1. The summed E-state index contributed by atoms with van der Waals surface area (Å²) < 4.78 is 15.4. The van der Waals surface area contributed by atoms with E-state index in [0.29, 0.717) is 0 Å². The Hall–Kier alpha value is -2.32. The van der Waals surface area contributed by atoms with Crippen molar-refractivity contribution < 1.29 is 33.4 Å². The van der Waals surface area contributed by atoms with Crippen LogP contribution in [0.3, 0.4) is 0 Å². The monoisotopic (exact) mass is 388 g/mol. The van der Waals surface area contributed by atoms with Gasteiger partial charge in [0, 0.05) is 14.0 Å². The second-order valence-electron chi connectivity index (χ2n) is 8.23. The van der Waals surface area contributed by atoms with Crippen LogP contribution in [0.2, 0.25) is 0 Å². The number of amides is 2. The zero-order valence-corrected chi connectivity index (χ0v) is 17.7. The summed E-state index contributed by atoms with van der Waals surface area (Å²) in [6.07, 6.45) is -1.63. The van der Waals surface area contributed by atoms with Crippen molar-refractivity contribution in [1.82, 2.24) is 10.2 Å². The highest BCUT2D eigenvalue weighted by atomic mass is 16.6. The number of hydrogen-bond acceptors (Lipinski definition) is 7. The molecule has 0 aromatic heterocycles. The third-order valence-corrected chi connectivity index (χ3v) is 2.88. The lowest BCUT2D eigenvalue weighted by atomic mass is 10.1. The van der Waals surface area contributed by atoms with Crippen LogP contribution >= 0.6 is 0 Å². The molecule has 0 aliphatic heterocycles. The number of nitrogens with one attached hydrogen (secondary N) is 1. The Bertz CT molecular complexity index is 561. The number of nitrogens with zero attached hydrogens (tertiary/aromatic N) is 1. The van der Waals surface area contributed by atoms with Crippen LogP contribution in [-0.4, -0.2) is 65.8 Å². The van der Waals surface area contributed by atoms with Gasteiger partial charge in [0.25, 0.3) is 0 Å². The molecule has 2 amide bonds. The molecule has 0 aliphatic carbocycles. The minimum atomic E-state index is -1.22. The second-order valence-corrected chi connectivity index (χ2v) is 8.23. The zero-order chi connectivity index (χ0) is 21.6. The molecular formula is C18H32N2O7. The van der Waals surface area contributed by atoms with Crippen LogP contribution in [0, 0.1) is 0 Å². The van der Waals surface area contributed by atoms with Gasteiger partial charge in [0.05, 0.1) is 0 Å². The highest BCUT2D eigenvalue weighted by molar-refractivity contribution is 5.88. The van der Waals surface area contributed by atoms with Gasteiger partial charge >= 0.3 is 18.0 Å². The molecule has 0 radical (unpaired) electrons. The van der Waals surface area contributed by atoms with E-state index >= 15 is 0 Å². The predicted molar refractivity (Wildman–Crippen MR) is 97.9 cm³/mol. The summed E-state index contributed by atoms with van der Waals surface area (Å²) in [5.41, 5.74) is -1.49. The normalized spacial score (nSPS) is 13.8. The Balaban J connectivity index is 5.09. The van der Waals surface area contributed by atoms with Crippen LogP contribution in [0.15, 0.2) is 0 Å². The van der Waals surface area contributed by atoms with E-state index in [-0.39, 0.29) is 6.54 Å². The zero-order valence-electron chi connectivity index (χ0n) is 17.7. The Labute approximate surface area is 160 Å². The number of carbonyl (C=O) groups is 4.